The highest BCUT2D eigenvalue weighted by atomic mass is 28.4. The van der Waals surface area contributed by atoms with Crippen molar-refractivity contribution >= 4 is 14.3 Å². The molecule has 1 N–H and O–H groups in total. The van der Waals surface area contributed by atoms with Gasteiger partial charge in [-0.2, -0.15) is 18.7 Å². The highest BCUT2D eigenvalue weighted by molar-refractivity contribution is 6.70. The first kappa shape index (κ1) is 17.5. The van der Waals surface area contributed by atoms with Gasteiger partial charge in [0.1, 0.15) is 5.75 Å². The normalized spacial score (nSPS) is 12.1. The molecule has 0 radical (unpaired) electrons. The van der Waals surface area contributed by atoms with Gasteiger partial charge in [-0.15, -0.1) is 0 Å². The van der Waals surface area contributed by atoms with Crippen molar-refractivity contribution in [2.75, 3.05) is 6.54 Å². The fourth-order valence-electron chi connectivity index (χ4n) is 1.45. The van der Waals surface area contributed by atoms with Gasteiger partial charge in [-0.1, -0.05) is 12.1 Å². The predicted molar refractivity (Wildman–Crippen MR) is 74.3 cm³/mol. The van der Waals surface area contributed by atoms with E-state index in [4.69, 9.17) is 4.43 Å². The van der Waals surface area contributed by atoms with Crippen molar-refractivity contribution in [3.8, 4) is 5.75 Å². The Morgan fingerprint density at radius 3 is 2.24 bits per heavy atom. The summed E-state index contributed by atoms with van der Waals surface area (Å²) in [5.74, 6) is -1.48. The summed E-state index contributed by atoms with van der Waals surface area (Å²) in [6.45, 7) is 6.30. The molecule has 0 spiro atoms. The Kier molecular flexibility index (Phi) is 5.79. The van der Waals surface area contributed by atoms with Gasteiger partial charge in [-0.05, 0) is 43.8 Å². The average molecular weight is 321 g/mol. The van der Waals surface area contributed by atoms with E-state index in [0.29, 0.717) is 6.42 Å². The maximum absolute atomic E-state index is 11.9. The van der Waals surface area contributed by atoms with E-state index in [1.165, 1.54) is 0 Å². The molecule has 1 rings (SSSR count). The third kappa shape index (κ3) is 7.14. The highest BCUT2D eigenvalue weighted by Crippen LogP contribution is 2.17. The van der Waals surface area contributed by atoms with Crippen LogP contribution in [0.5, 0.6) is 5.75 Å². The molecule has 21 heavy (non-hydrogen) atoms. The molecule has 0 amide bonds. The number of halogens is 3. The lowest BCUT2D eigenvalue weighted by Crippen LogP contribution is -2.32. The molecule has 0 aliphatic heterocycles. The van der Waals surface area contributed by atoms with Crippen molar-refractivity contribution in [1.82, 2.24) is 5.48 Å². The predicted octanol–water partition coefficient (Wildman–Crippen LogP) is 3.05. The van der Waals surface area contributed by atoms with Crippen LogP contribution in [0.15, 0.2) is 24.3 Å². The van der Waals surface area contributed by atoms with E-state index >= 15 is 0 Å². The van der Waals surface area contributed by atoms with Crippen LogP contribution in [-0.4, -0.2) is 27.0 Å². The van der Waals surface area contributed by atoms with Crippen LogP contribution in [0.1, 0.15) is 5.56 Å². The van der Waals surface area contributed by atoms with Crippen molar-refractivity contribution < 1.29 is 27.2 Å². The third-order valence-corrected chi connectivity index (χ3v) is 3.11. The highest BCUT2D eigenvalue weighted by Gasteiger charge is 2.41. The first-order valence-corrected chi connectivity index (χ1v) is 9.77. The van der Waals surface area contributed by atoms with Gasteiger partial charge in [0, 0.05) is 6.54 Å². The SMILES string of the molecule is C[Si](C)(C)Oc1ccc(CCNOC(=O)C(F)(F)F)cc1. The van der Waals surface area contributed by atoms with Gasteiger partial charge in [0.05, 0.1) is 0 Å². The molecule has 0 aromatic heterocycles. The average Bonchev–Trinajstić information content (AvgIpc) is 2.33. The zero-order chi connectivity index (χ0) is 16.1. The van der Waals surface area contributed by atoms with Gasteiger partial charge in [-0.3, -0.25) is 0 Å². The molecular weight excluding hydrogens is 303 g/mol. The van der Waals surface area contributed by atoms with Gasteiger partial charge < -0.3 is 9.26 Å². The summed E-state index contributed by atoms with van der Waals surface area (Å²) in [4.78, 5) is 14.3. The Bertz CT molecular complexity index is 469. The zero-order valence-corrected chi connectivity index (χ0v) is 13.1. The van der Waals surface area contributed by atoms with Crippen LogP contribution in [0.4, 0.5) is 13.2 Å². The summed E-state index contributed by atoms with van der Waals surface area (Å²) in [7, 11) is -1.65. The van der Waals surface area contributed by atoms with E-state index in [9.17, 15) is 18.0 Å². The molecule has 0 bridgehead atoms. The van der Waals surface area contributed by atoms with Gasteiger partial charge in [0.2, 0.25) is 8.32 Å². The monoisotopic (exact) mass is 321 g/mol. The fraction of sp³-hybridized carbons (Fsp3) is 0.462. The largest absolute Gasteiger partial charge is 0.544 e. The van der Waals surface area contributed by atoms with Crippen LogP contribution in [0.3, 0.4) is 0 Å². The van der Waals surface area contributed by atoms with E-state index in [-0.39, 0.29) is 6.54 Å². The van der Waals surface area contributed by atoms with Crippen LogP contribution in [0.2, 0.25) is 19.6 Å². The van der Waals surface area contributed by atoms with Crippen LogP contribution in [0.25, 0.3) is 0 Å². The summed E-state index contributed by atoms with van der Waals surface area (Å²) in [5.41, 5.74) is 2.90. The standard InChI is InChI=1S/C13H18F3NO3Si/c1-21(2,3)20-11-6-4-10(5-7-11)8-9-17-19-12(18)13(14,15)16/h4-7,17H,8-9H2,1-3H3. The van der Waals surface area contributed by atoms with Crippen molar-refractivity contribution in [2.24, 2.45) is 0 Å². The molecule has 4 nitrogen and oxygen atoms in total. The lowest BCUT2D eigenvalue weighted by molar-refractivity contribution is -0.206. The third-order valence-electron chi connectivity index (χ3n) is 2.26. The summed E-state index contributed by atoms with van der Waals surface area (Å²) in [5, 5.41) is 0. The molecule has 0 atom stereocenters. The summed E-state index contributed by atoms with van der Waals surface area (Å²) in [6.07, 6.45) is -4.55. The number of nitrogens with one attached hydrogen (secondary N) is 1. The molecule has 8 heteroatoms. The minimum Gasteiger partial charge on any atom is -0.544 e. The molecule has 1 aromatic rings. The molecule has 1 aromatic carbocycles. The Morgan fingerprint density at radius 2 is 1.76 bits per heavy atom. The minimum absolute atomic E-state index is 0.0933. The first-order chi connectivity index (χ1) is 9.58. The molecule has 0 aliphatic rings. The van der Waals surface area contributed by atoms with Crippen LogP contribution in [0, 0.1) is 0 Å². The second-order valence-corrected chi connectivity index (χ2v) is 9.82. The maximum Gasteiger partial charge on any atom is 0.492 e. The molecule has 0 saturated carbocycles. The second kappa shape index (κ2) is 6.95. The van der Waals surface area contributed by atoms with Gasteiger partial charge in [0.15, 0.2) is 0 Å². The number of hydrogen-bond donors (Lipinski definition) is 1. The van der Waals surface area contributed by atoms with Crippen molar-refractivity contribution in [1.29, 1.82) is 0 Å². The number of rotatable bonds is 6. The van der Waals surface area contributed by atoms with Crippen LogP contribution >= 0.6 is 0 Å². The lowest BCUT2D eigenvalue weighted by atomic mass is 10.1. The molecule has 118 valence electrons. The van der Waals surface area contributed by atoms with E-state index in [1.54, 1.807) is 0 Å². The fourth-order valence-corrected chi connectivity index (χ4v) is 2.29. The Morgan fingerprint density at radius 1 is 1.19 bits per heavy atom. The van der Waals surface area contributed by atoms with Gasteiger partial charge in [0.25, 0.3) is 0 Å². The Balaban J connectivity index is 2.35. The van der Waals surface area contributed by atoms with E-state index < -0.39 is 20.5 Å². The van der Waals surface area contributed by atoms with E-state index in [0.717, 1.165) is 11.3 Å². The van der Waals surface area contributed by atoms with Gasteiger partial charge >= 0.3 is 12.1 Å². The number of carbonyl (C=O) groups is 1. The number of benzene rings is 1. The topological polar surface area (TPSA) is 47.6 Å². The lowest BCUT2D eigenvalue weighted by Gasteiger charge is -2.19. The Hall–Kier alpha value is -1.54. The number of alkyl halides is 3. The number of carbonyl (C=O) groups excluding carboxylic acids is 1. The summed E-state index contributed by atoms with van der Waals surface area (Å²) < 4.78 is 41.3. The van der Waals surface area contributed by atoms with Crippen molar-refractivity contribution in [3.63, 3.8) is 0 Å². The minimum atomic E-state index is -4.98. The van der Waals surface area contributed by atoms with Crippen LogP contribution in [-0.2, 0) is 16.1 Å². The number of hydrogen-bond acceptors (Lipinski definition) is 4. The quantitative estimate of drug-likeness (QED) is 0.497. The van der Waals surface area contributed by atoms with E-state index in [1.807, 2.05) is 29.7 Å². The first-order valence-electron chi connectivity index (χ1n) is 6.37. The summed E-state index contributed by atoms with van der Waals surface area (Å²) in [6, 6.07) is 7.27. The van der Waals surface area contributed by atoms with Gasteiger partial charge in [-0.25, -0.2) is 4.79 Å². The second-order valence-electron chi connectivity index (χ2n) is 5.39. The molecule has 0 aliphatic carbocycles. The maximum atomic E-state index is 11.9. The smallest absolute Gasteiger partial charge is 0.492 e. The van der Waals surface area contributed by atoms with Crippen LogP contribution < -0.4 is 9.91 Å². The van der Waals surface area contributed by atoms with Crippen molar-refractivity contribution in [2.45, 2.75) is 32.2 Å². The molecule has 0 saturated heterocycles. The zero-order valence-electron chi connectivity index (χ0n) is 12.1. The summed E-state index contributed by atoms with van der Waals surface area (Å²) >= 11 is 0. The molecular formula is C13H18F3NO3Si. The van der Waals surface area contributed by atoms with E-state index in [2.05, 4.69) is 24.5 Å². The Labute approximate surface area is 122 Å². The van der Waals surface area contributed by atoms with Crippen molar-refractivity contribution in [3.05, 3.63) is 29.8 Å². The molecule has 0 unspecified atom stereocenters. The molecule has 0 heterocycles. The molecule has 0 fully saturated rings. The number of hydroxylamine groups is 1.